The van der Waals surface area contributed by atoms with Crippen molar-refractivity contribution in [1.82, 2.24) is 0 Å². The molecule has 0 aliphatic carbocycles. The van der Waals surface area contributed by atoms with Crippen molar-refractivity contribution in [2.24, 2.45) is 0 Å². The summed E-state index contributed by atoms with van der Waals surface area (Å²) in [4.78, 5) is 12.7. The fourth-order valence-electron chi connectivity index (χ4n) is 3.58. The summed E-state index contributed by atoms with van der Waals surface area (Å²) in [5.74, 6) is -0.725. The molecule has 0 saturated carbocycles. The number of ether oxygens (including phenoxy) is 1. The number of hydrogen-bond acceptors (Lipinski definition) is 4. The molecule has 0 radical (unpaired) electrons. The third-order valence-corrected chi connectivity index (χ3v) is 7.13. The Bertz CT molecular complexity index is 1230. The van der Waals surface area contributed by atoms with Crippen molar-refractivity contribution in [3.05, 3.63) is 84.2 Å². The SMILES string of the molecule is C[C@H](C(=O)Nc1ccc2c(c1)N(S(=O)(=O)c1ccc(F)cc1)C[C@H](C)O2)c1ccccc1. The maximum atomic E-state index is 13.3. The van der Waals surface area contributed by atoms with Crippen LogP contribution in [0.1, 0.15) is 25.3 Å². The van der Waals surface area contributed by atoms with Gasteiger partial charge in [0, 0.05) is 5.69 Å². The Morgan fingerprint density at radius 2 is 1.78 bits per heavy atom. The van der Waals surface area contributed by atoms with Gasteiger partial charge < -0.3 is 10.1 Å². The third-order valence-electron chi connectivity index (χ3n) is 5.34. The summed E-state index contributed by atoms with van der Waals surface area (Å²) in [6, 6.07) is 19.0. The van der Waals surface area contributed by atoms with Crippen LogP contribution in [0.15, 0.2) is 77.7 Å². The Kier molecular flexibility index (Phi) is 5.88. The minimum absolute atomic E-state index is 0.0221. The molecule has 3 aromatic carbocycles. The molecule has 0 bridgehead atoms. The third kappa shape index (κ3) is 4.31. The van der Waals surface area contributed by atoms with Gasteiger partial charge in [-0.1, -0.05) is 30.3 Å². The van der Waals surface area contributed by atoms with Gasteiger partial charge in [-0.3, -0.25) is 9.10 Å². The van der Waals surface area contributed by atoms with Crippen LogP contribution in [-0.4, -0.2) is 27.0 Å². The molecule has 1 heterocycles. The number of benzene rings is 3. The highest BCUT2D eigenvalue weighted by Gasteiger charge is 2.33. The first-order valence-corrected chi connectivity index (χ1v) is 11.6. The summed E-state index contributed by atoms with van der Waals surface area (Å²) in [6.07, 6.45) is -0.378. The van der Waals surface area contributed by atoms with Gasteiger partial charge >= 0.3 is 0 Å². The number of sulfonamides is 1. The van der Waals surface area contributed by atoms with Gasteiger partial charge in [-0.05, 0) is 61.9 Å². The zero-order valence-electron chi connectivity index (χ0n) is 17.7. The molecule has 0 fully saturated rings. The average Bonchev–Trinajstić information content (AvgIpc) is 2.79. The zero-order valence-corrected chi connectivity index (χ0v) is 18.5. The Hall–Kier alpha value is -3.39. The van der Waals surface area contributed by atoms with Gasteiger partial charge in [-0.2, -0.15) is 0 Å². The number of nitrogens with one attached hydrogen (secondary N) is 1. The summed E-state index contributed by atoms with van der Waals surface area (Å²) in [5, 5.41) is 2.86. The maximum Gasteiger partial charge on any atom is 0.264 e. The highest BCUT2D eigenvalue weighted by molar-refractivity contribution is 7.92. The second kappa shape index (κ2) is 8.63. The topological polar surface area (TPSA) is 75.7 Å². The smallest absolute Gasteiger partial charge is 0.264 e. The van der Waals surface area contributed by atoms with Crippen molar-refractivity contribution >= 4 is 27.3 Å². The van der Waals surface area contributed by atoms with Gasteiger partial charge in [-0.15, -0.1) is 0 Å². The molecule has 0 aromatic heterocycles. The van der Waals surface area contributed by atoms with E-state index in [0.29, 0.717) is 17.1 Å². The number of rotatable bonds is 5. The lowest BCUT2D eigenvalue weighted by Gasteiger charge is -2.34. The highest BCUT2D eigenvalue weighted by atomic mass is 32.2. The number of carbonyl (C=O) groups excluding carboxylic acids is 1. The van der Waals surface area contributed by atoms with Gasteiger partial charge in [0.25, 0.3) is 10.0 Å². The molecule has 4 rings (SSSR count). The largest absolute Gasteiger partial charge is 0.487 e. The Morgan fingerprint density at radius 1 is 1.09 bits per heavy atom. The van der Waals surface area contributed by atoms with Crippen molar-refractivity contribution in [3.63, 3.8) is 0 Å². The van der Waals surface area contributed by atoms with E-state index in [1.807, 2.05) is 30.3 Å². The quantitative estimate of drug-likeness (QED) is 0.614. The van der Waals surface area contributed by atoms with E-state index in [9.17, 15) is 17.6 Å². The monoisotopic (exact) mass is 454 g/mol. The van der Waals surface area contributed by atoms with Gasteiger partial charge in [0.2, 0.25) is 5.91 Å². The normalized spacial score (nSPS) is 16.6. The number of hydrogen-bond donors (Lipinski definition) is 1. The number of amides is 1. The van der Waals surface area contributed by atoms with Crippen molar-refractivity contribution in [3.8, 4) is 5.75 Å². The maximum absolute atomic E-state index is 13.3. The van der Waals surface area contributed by atoms with Crippen molar-refractivity contribution < 1.29 is 22.3 Å². The van der Waals surface area contributed by atoms with E-state index in [0.717, 1.165) is 17.7 Å². The minimum atomic E-state index is -3.96. The number of carbonyl (C=O) groups is 1. The molecule has 6 nitrogen and oxygen atoms in total. The fourth-order valence-corrected chi connectivity index (χ4v) is 5.12. The molecular weight excluding hydrogens is 431 g/mol. The minimum Gasteiger partial charge on any atom is -0.487 e. The second-order valence-electron chi connectivity index (χ2n) is 7.72. The molecule has 1 aliphatic rings. The van der Waals surface area contributed by atoms with Crippen LogP contribution in [-0.2, 0) is 14.8 Å². The molecule has 1 amide bonds. The Morgan fingerprint density at radius 3 is 2.47 bits per heavy atom. The summed E-state index contributed by atoms with van der Waals surface area (Å²) >= 11 is 0. The molecule has 1 aliphatic heterocycles. The van der Waals surface area contributed by atoms with Gasteiger partial charge in [0.1, 0.15) is 17.7 Å². The molecule has 166 valence electrons. The summed E-state index contributed by atoms with van der Waals surface area (Å²) in [7, 11) is -3.96. The van der Waals surface area contributed by atoms with Crippen LogP contribution < -0.4 is 14.4 Å². The van der Waals surface area contributed by atoms with Crippen LogP contribution in [0.3, 0.4) is 0 Å². The van der Waals surface area contributed by atoms with Gasteiger partial charge in [0.05, 0.1) is 23.0 Å². The molecule has 0 saturated heterocycles. The molecule has 3 aromatic rings. The van der Waals surface area contributed by atoms with Crippen LogP contribution >= 0.6 is 0 Å². The number of nitrogens with zero attached hydrogens (tertiary/aromatic N) is 1. The number of anilines is 2. The van der Waals surface area contributed by atoms with Crippen LogP contribution in [0.4, 0.5) is 15.8 Å². The molecule has 8 heteroatoms. The molecular formula is C24H23FN2O4S. The van der Waals surface area contributed by atoms with Gasteiger partial charge in [0.15, 0.2) is 0 Å². The summed E-state index contributed by atoms with van der Waals surface area (Å²) in [5.41, 5.74) is 1.65. The van der Waals surface area contributed by atoms with Crippen molar-refractivity contribution in [2.45, 2.75) is 30.8 Å². The van der Waals surface area contributed by atoms with E-state index >= 15 is 0 Å². The number of halogens is 1. The van der Waals surface area contributed by atoms with E-state index in [-0.39, 0.29) is 29.4 Å². The van der Waals surface area contributed by atoms with E-state index in [4.69, 9.17) is 4.74 Å². The molecule has 1 N–H and O–H groups in total. The van der Waals surface area contributed by atoms with Crippen LogP contribution in [0.2, 0.25) is 0 Å². The molecule has 32 heavy (non-hydrogen) atoms. The predicted molar refractivity (Wildman–Crippen MR) is 121 cm³/mol. The fraction of sp³-hybridized carbons (Fsp3) is 0.208. The van der Waals surface area contributed by atoms with E-state index < -0.39 is 15.8 Å². The summed E-state index contributed by atoms with van der Waals surface area (Å²) in [6.45, 7) is 3.66. The standard InChI is InChI=1S/C24H23FN2O4S/c1-16-15-27(32(29,30)21-11-8-19(25)9-12-21)22-14-20(10-13-23(22)31-16)26-24(28)17(2)18-6-4-3-5-7-18/h3-14,16-17H,15H2,1-2H3,(H,26,28)/t16-,17-/m0/s1. The highest BCUT2D eigenvalue weighted by Crippen LogP contribution is 2.39. The Balaban J connectivity index is 1.65. The van der Waals surface area contributed by atoms with E-state index in [1.54, 1.807) is 32.0 Å². The molecule has 0 spiro atoms. The van der Waals surface area contributed by atoms with E-state index in [1.165, 1.54) is 16.4 Å². The van der Waals surface area contributed by atoms with E-state index in [2.05, 4.69) is 5.32 Å². The average molecular weight is 455 g/mol. The lowest BCUT2D eigenvalue weighted by atomic mass is 10.0. The Labute approximate surface area is 186 Å². The van der Waals surface area contributed by atoms with Crippen molar-refractivity contribution in [1.29, 1.82) is 0 Å². The lowest BCUT2D eigenvalue weighted by Crippen LogP contribution is -2.42. The molecule has 2 atom stereocenters. The first-order valence-electron chi connectivity index (χ1n) is 10.2. The van der Waals surface area contributed by atoms with Gasteiger partial charge in [-0.25, -0.2) is 12.8 Å². The first kappa shape index (κ1) is 21.8. The zero-order chi connectivity index (χ0) is 22.9. The predicted octanol–water partition coefficient (Wildman–Crippen LogP) is 4.54. The number of fused-ring (bicyclic) bond motifs is 1. The summed E-state index contributed by atoms with van der Waals surface area (Å²) < 4.78 is 46.9. The second-order valence-corrected chi connectivity index (χ2v) is 9.58. The first-order chi connectivity index (χ1) is 15.3. The lowest BCUT2D eigenvalue weighted by molar-refractivity contribution is -0.117. The van der Waals surface area contributed by atoms with Crippen LogP contribution in [0.5, 0.6) is 5.75 Å². The van der Waals surface area contributed by atoms with Crippen LogP contribution in [0, 0.1) is 5.82 Å². The van der Waals surface area contributed by atoms with Crippen molar-refractivity contribution in [2.75, 3.05) is 16.2 Å². The van der Waals surface area contributed by atoms with Crippen LogP contribution in [0.25, 0.3) is 0 Å². The molecule has 0 unspecified atom stereocenters.